The lowest BCUT2D eigenvalue weighted by Gasteiger charge is -2.09. The molecule has 0 atom stereocenters. The fourth-order valence-corrected chi connectivity index (χ4v) is 2.39. The summed E-state index contributed by atoms with van der Waals surface area (Å²) in [5.41, 5.74) is 0. The van der Waals surface area contributed by atoms with E-state index in [9.17, 15) is 8.42 Å². The quantitative estimate of drug-likeness (QED) is 0.771. The Balaban J connectivity index is 1.94. The van der Waals surface area contributed by atoms with Crippen molar-refractivity contribution < 1.29 is 12.8 Å². The highest BCUT2D eigenvalue weighted by Crippen LogP contribution is 2.15. The lowest BCUT2D eigenvalue weighted by atomic mass is 10.2. The van der Waals surface area contributed by atoms with Crippen molar-refractivity contribution in [1.82, 2.24) is 10.0 Å². The monoisotopic (exact) mass is 256 g/mol. The molecular formula is C11H16N2O3S. The van der Waals surface area contributed by atoms with Crippen molar-refractivity contribution >= 4 is 10.0 Å². The second-order valence-electron chi connectivity index (χ2n) is 3.95. The molecule has 1 aliphatic rings. The third-order valence-electron chi connectivity index (χ3n) is 2.74. The van der Waals surface area contributed by atoms with Crippen molar-refractivity contribution in [2.45, 2.75) is 30.5 Å². The molecule has 0 aliphatic heterocycles. The van der Waals surface area contributed by atoms with Gasteiger partial charge in [-0.2, -0.15) is 0 Å². The van der Waals surface area contributed by atoms with Crippen LogP contribution in [0.3, 0.4) is 0 Å². The van der Waals surface area contributed by atoms with Gasteiger partial charge >= 0.3 is 0 Å². The van der Waals surface area contributed by atoms with Crippen LogP contribution < -0.4 is 10.0 Å². The Hall–Kier alpha value is -1.11. The molecule has 1 aromatic rings. The normalized spacial score (nSPS) is 16.8. The molecule has 0 saturated heterocycles. The van der Waals surface area contributed by atoms with Crippen molar-refractivity contribution in [1.29, 1.82) is 0 Å². The summed E-state index contributed by atoms with van der Waals surface area (Å²) in [6.07, 6.45) is 6.30. The van der Waals surface area contributed by atoms with E-state index in [1.54, 1.807) is 6.07 Å². The van der Waals surface area contributed by atoms with E-state index in [2.05, 4.69) is 22.2 Å². The summed E-state index contributed by atoms with van der Waals surface area (Å²) >= 11 is 0. The van der Waals surface area contributed by atoms with Gasteiger partial charge in [-0.25, -0.2) is 13.1 Å². The van der Waals surface area contributed by atoms with Gasteiger partial charge in [-0.15, -0.1) is 0 Å². The van der Waals surface area contributed by atoms with Crippen LogP contribution in [0.5, 0.6) is 0 Å². The molecule has 1 aromatic heterocycles. The van der Waals surface area contributed by atoms with E-state index in [-0.39, 0.29) is 5.09 Å². The van der Waals surface area contributed by atoms with Crippen molar-refractivity contribution in [2.75, 3.05) is 7.05 Å². The van der Waals surface area contributed by atoms with Crippen LogP contribution in [0, 0.1) is 0 Å². The minimum absolute atomic E-state index is 0.0404. The van der Waals surface area contributed by atoms with E-state index >= 15 is 0 Å². The molecule has 1 heterocycles. The molecule has 0 fully saturated rings. The second kappa shape index (κ2) is 5.03. The molecular weight excluding hydrogens is 240 g/mol. The zero-order chi connectivity index (χ0) is 12.3. The maximum Gasteiger partial charge on any atom is 0.273 e. The van der Waals surface area contributed by atoms with Gasteiger partial charge in [-0.05, 0) is 32.0 Å². The number of hydrogen-bond acceptors (Lipinski definition) is 4. The van der Waals surface area contributed by atoms with Gasteiger partial charge in [0.1, 0.15) is 5.76 Å². The van der Waals surface area contributed by atoms with Gasteiger partial charge in [-0.3, -0.25) is 0 Å². The molecule has 6 heteroatoms. The van der Waals surface area contributed by atoms with Crippen LogP contribution in [0.15, 0.2) is 33.8 Å². The summed E-state index contributed by atoms with van der Waals surface area (Å²) in [4.78, 5) is 0. The van der Waals surface area contributed by atoms with E-state index in [1.165, 1.54) is 13.1 Å². The van der Waals surface area contributed by atoms with E-state index in [0.29, 0.717) is 18.3 Å². The summed E-state index contributed by atoms with van der Waals surface area (Å²) < 4.78 is 30.4. The smallest absolute Gasteiger partial charge is 0.273 e. The molecule has 17 heavy (non-hydrogen) atoms. The van der Waals surface area contributed by atoms with Crippen LogP contribution in [-0.2, 0) is 16.6 Å². The molecule has 0 unspecified atom stereocenters. The number of rotatable bonds is 5. The Morgan fingerprint density at radius 3 is 2.71 bits per heavy atom. The van der Waals surface area contributed by atoms with Crippen LogP contribution >= 0.6 is 0 Å². The SMILES string of the molecule is CNS(=O)(=O)c1ccc(CNC2CC=CC2)o1. The van der Waals surface area contributed by atoms with E-state index in [0.717, 1.165) is 12.8 Å². The molecule has 5 nitrogen and oxygen atoms in total. The summed E-state index contributed by atoms with van der Waals surface area (Å²) in [5, 5.41) is 3.27. The summed E-state index contributed by atoms with van der Waals surface area (Å²) in [5.74, 6) is 0.630. The third-order valence-corrected chi connectivity index (χ3v) is 4.03. The number of hydrogen-bond donors (Lipinski definition) is 2. The van der Waals surface area contributed by atoms with Gasteiger partial charge in [0, 0.05) is 6.04 Å². The van der Waals surface area contributed by atoms with Crippen LogP contribution in [-0.4, -0.2) is 21.5 Å². The lowest BCUT2D eigenvalue weighted by molar-refractivity contribution is 0.389. The van der Waals surface area contributed by atoms with Gasteiger partial charge in [-0.1, -0.05) is 12.2 Å². The fourth-order valence-electron chi connectivity index (χ4n) is 1.73. The average Bonchev–Trinajstić information content (AvgIpc) is 2.97. The van der Waals surface area contributed by atoms with Crippen molar-refractivity contribution in [3.63, 3.8) is 0 Å². The second-order valence-corrected chi connectivity index (χ2v) is 5.77. The Morgan fingerprint density at radius 1 is 1.35 bits per heavy atom. The van der Waals surface area contributed by atoms with Crippen molar-refractivity contribution in [3.8, 4) is 0 Å². The standard InChI is InChI=1S/C11H16N2O3S/c1-12-17(14,15)11-7-6-10(16-11)8-13-9-4-2-3-5-9/h2-3,6-7,9,12-13H,4-5,8H2,1H3. The summed E-state index contributed by atoms with van der Waals surface area (Å²) in [7, 11) is -2.11. The summed E-state index contributed by atoms with van der Waals surface area (Å²) in [6, 6.07) is 3.58. The highest BCUT2D eigenvalue weighted by molar-refractivity contribution is 7.89. The average molecular weight is 256 g/mol. The Labute approximate surface area is 101 Å². The number of furan rings is 1. The first-order chi connectivity index (χ1) is 8.12. The van der Waals surface area contributed by atoms with Crippen molar-refractivity contribution in [3.05, 3.63) is 30.0 Å². The van der Waals surface area contributed by atoms with Gasteiger partial charge < -0.3 is 9.73 Å². The number of nitrogens with one attached hydrogen (secondary N) is 2. The van der Waals surface area contributed by atoms with Crippen LogP contribution in [0.1, 0.15) is 18.6 Å². The third kappa shape index (κ3) is 2.96. The Bertz CT molecular complexity index is 497. The van der Waals surface area contributed by atoms with Gasteiger partial charge in [0.15, 0.2) is 0 Å². The molecule has 0 bridgehead atoms. The molecule has 0 aromatic carbocycles. The molecule has 2 N–H and O–H groups in total. The minimum Gasteiger partial charge on any atom is -0.447 e. The minimum atomic E-state index is -3.47. The van der Waals surface area contributed by atoms with E-state index < -0.39 is 10.0 Å². The number of sulfonamides is 1. The Morgan fingerprint density at radius 2 is 2.06 bits per heavy atom. The van der Waals surface area contributed by atoms with Gasteiger partial charge in [0.05, 0.1) is 6.54 Å². The molecule has 0 radical (unpaired) electrons. The highest BCUT2D eigenvalue weighted by Gasteiger charge is 2.17. The molecule has 0 amide bonds. The predicted molar refractivity (Wildman–Crippen MR) is 64.0 cm³/mol. The zero-order valence-electron chi connectivity index (χ0n) is 9.64. The maximum absolute atomic E-state index is 11.4. The first kappa shape index (κ1) is 12.3. The molecule has 94 valence electrons. The molecule has 0 spiro atoms. The maximum atomic E-state index is 11.4. The largest absolute Gasteiger partial charge is 0.447 e. The van der Waals surface area contributed by atoms with Gasteiger partial charge in [0.25, 0.3) is 10.0 Å². The zero-order valence-corrected chi connectivity index (χ0v) is 10.5. The van der Waals surface area contributed by atoms with Crippen molar-refractivity contribution in [2.24, 2.45) is 0 Å². The van der Waals surface area contributed by atoms with E-state index in [4.69, 9.17) is 4.42 Å². The highest BCUT2D eigenvalue weighted by atomic mass is 32.2. The van der Waals surface area contributed by atoms with Gasteiger partial charge in [0.2, 0.25) is 5.09 Å². The van der Waals surface area contributed by atoms with E-state index in [1.807, 2.05) is 0 Å². The predicted octanol–water partition coefficient (Wildman–Crippen LogP) is 0.996. The molecule has 1 aliphatic carbocycles. The van der Waals surface area contributed by atoms with Crippen LogP contribution in [0.2, 0.25) is 0 Å². The first-order valence-corrected chi connectivity index (χ1v) is 7.01. The Kier molecular flexibility index (Phi) is 3.66. The fraction of sp³-hybridized carbons (Fsp3) is 0.455. The first-order valence-electron chi connectivity index (χ1n) is 5.52. The topological polar surface area (TPSA) is 71.3 Å². The summed E-state index contributed by atoms with van der Waals surface area (Å²) in [6.45, 7) is 0.547. The lowest BCUT2D eigenvalue weighted by Crippen LogP contribution is -2.25. The van der Waals surface area contributed by atoms with Crippen LogP contribution in [0.4, 0.5) is 0 Å². The molecule has 2 rings (SSSR count). The molecule has 0 saturated carbocycles. The van der Waals surface area contributed by atoms with Crippen LogP contribution in [0.25, 0.3) is 0 Å².